The minimum Gasteiger partial charge on any atom is -0.491 e. The van der Waals surface area contributed by atoms with E-state index in [-0.39, 0.29) is 11.5 Å². The van der Waals surface area contributed by atoms with Gasteiger partial charge in [-0.15, -0.1) is 0 Å². The van der Waals surface area contributed by atoms with Gasteiger partial charge in [-0.25, -0.2) is 0 Å². The molecule has 1 aliphatic heterocycles. The van der Waals surface area contributed by atoms with Crippen LogP contribution in [0, 0.1) is 6.92 Å². The van der Waals surface area contributed by atoms with Crippen LogP contribution in [-0.2, 0) is 11.8 Å². The lowest BCUT2D eigenvalue weighted by Crippen LogP contribution is -2.40. The maximum absolute atomic E-state index is 12.5. The van der Waals surface area contributed by atoms with E-state index in [1.807, 2.05) is 27.2 Å². The van der Waals surface area contributed by atoms with Gasteiger partial charge in [0, 0.05) is 49.4 Å². The second kappa shape index (κ2) is 9.90. The number of H-pyrrole nitrogens is 1. The first-order valence-corrected chi connectivity index (χ1v) is 12.4. The minimum absolute atomic E-state index is 0.128. The average Bonchev–Trinajstić information content (AvgIpc) is 3.21. The molecule has 0 saturated carbocycles. The number of carbonyl (C=O) groups excluding carboxylic acids is 1. The minimum atomic E-state index is -0.128. The molecule has 0 aliphatic carbocycles. The lowest BCUT2D eigenvalue weighted by molar-refractivity contribution is -0.130. The third-order valence-corrected chi connectivity index (χ3v) is 7.41. The summed E-state index contributed by atoms with van der Waals surface area (Å²) in [7, 11) is 6.95. The van der Waals surface area contributed by atoms with Crippen LogP contribution in [0.4, 0.5) is 0 Å². The Morgan fingerprint density at radius 2 is 1.91 bits per heavy atom. The zero-order valence-electron chi connectivity index (χ0n) is 22.1. The number of methoxy groups -OCH3 is 1. The number of likely N-dealkylation sites (N-methyl/N-ethyl adjacent to an activating group) is 1. The quantitative estimate of drug-likeness (QED) is 0.575. The van der Waals surface area contributed by atoms with Gasteiger partial charge in [-0.05, 0) is 68.0 Å². The predicted octanol–water partition coefficient (Wildman–Crippen LogP) is 4.24. The number of hydrogen-bond donors (Lipinski definition) is 1. The third-order valence-electron chi connectivity index (χ3n) is 7.41. The molecule has 0 radical (unpaired) electrons. The smallest absolute Gasteiger partial charge is 0.292 e. The highest BCUT2D eigenvalue weighted by Crippen LogP contribution is 2.40. The molecular formula is C28H38N4O3. The van der Waals surface area contributed by atoms with Crippen LogP contribution in [-0.4, -0.2) is 66.1 Å². The van der Waals surface area contributed by atoms with Crippen LogP contribution in [0.2, 0.25) is 0 Å². The predicted molar refractivity (Wildman–Crippen MR) is 141 cm³/mol. The number of ether oxygens (including phenoxy) is 1. The van der Waals surface area contributed by atoms with E-state index >= 15 is 0 Å². The number of aromatic amines is 1. The molecule has 0 atom stereocenters. The molecule has 0 unspecified atom stereocenters. The van der Waals surface area contributed by atoms with Crippen molar-refractivity contribution in [3.63, 3.8) is 0 Å². The van der Waals surface area contributed by atoms with Crippen LogP contribution in [0.1, 0.15) is 55.2 Å². The van der Waals surface area contributed by atoms with Gasteiger partial charge in [-0.1, -0.05) is 19.9 Å². The molecule has 4 rings (SSSR count). The molecule has 1 amide bonds. The van der Waals surface area contributed by atoms with E-state index in [0.29, 0.717) is 24.1 Å². The Morgan fingerprint density at radius 3 is 2.51 bits per heavy atom. The molecule has 35 heavy (non-hydrogen) atoms. The molecule has 1 aliphatic rings. The normalized spacial score (nSPS) is 15.2. The van der Waals surface area contributed by atoms with Crippen molar-refractivity contribution in [2.75, 3.05) is 40.8 Å². The van der Waals surface area contributed by atoms with Crippen molar-refractivity contribution in [2.45, 2.75) is 45.4 Å². The number of nitrogens with one attached hydrogen (secondary N) is 1. The fourth-order valence-corrected chi connectivity index (χ4v) is 5.34. The highest BCUT2D eigenvalue weighted by molar-refractivity contribution is 5.92. The molecule has 3 aromatic rings. The monoisotopic (exact) mass is 478 g/mol. The van der Waals surface area contributed by atoms with Gasteiger partial charge in [0.15, 0.2) is 5.75 Å². The van der Waals surface area contributed by atoms with E-state index in [1.165, 1.54) is 16.5 Å². The summed E-state index contributed by atoms with van der Waals surface area (Å²) in [5.74, 6) is 1.34. The number of aryl methyl sites for hydroxylation is 1. The van der Waals surface area contributed by atoms with E-state index in [9.17, 15) is 9.59 Å². The Kier molecular flexibility index (Phi) is 7.08. The molecule has 7 nitrogen and oxygen atoms in total. The summed E-state index contributed by atoms with van der Waals surface area (Å²) < 4.78 is 7.06. The third kappa shape index (κ3) is 4.74. The van der Waals surface area contributed by atoms with E-state index in [0.717, 1.165) is 48.3 Å². The molecular weight excluding hydrogens is 440 g/mol. The fourth-order valence-electron chi connectivity index (χ4n) is 5.34. The lowest BCUT2D eigenvalue weighted by atomic mass is 9.87. The molecule has 1 saturated heterocycles. The number of rotatable bonds is 6. The second-order valence-electron chi connectivity index (χ2n) is 10.3. The zero-order valence-corrected chi connectivity index (χ0v) is 22.1. The van der Waals surface area contributed by atoms with Crippen LogP contribution in [0.3, 0.4) is 0 Å². The second-order valence-corrected chi connectivity index (χ2v) is 10.3. The van der Waals surface area contributed by atoms with Crippen molar-refractivity contribution >= 4 is 16.8 Å². The SMILES string of the molecule is COc1c(C)c(-c2[nH]c3ccc(C4CCN(CC(=O)N(C)C)CC4)cc3c2C(C)C)cn(C)c1=O. The summed E-state index contributed by atoms with van der Waals surface area (Å²) in [5, 5.41) is 1.24. The Bertz CT molecular complexity index is 1290. The van der Waals surface area contributed by atoms with Gasteiger partial charge in [0.1, 0.15) is 0 Å². The standard InChI is InChI=1S/C28H38N4O3/c1-17(2)25-21-14-20(19-10-12-32(13-11-19)16-24(33)30(4)5)8-9-23(21)29-26(25)22-15-31(6)28(34)27(35-7)18(22)3/h8-9,14-15,17,19,29H,10-13,16H2,1-7H3. The number of amides is 1. The summed E-state index contributed by atoms with van der Waals surface area (Å²) >= 11 is 0. The largest absolute Gasteiger partial charge is 0.491 e. The lowest BCUT2D eigenvalue weighted by Gasteiger charge is -2.32. The number of pyridine rings is 1. The van der Waals surface area contributed by atoms with Crippen molar-refractivity contribution in [2.24, 2.45) is 7.05 Å². The van der Waals surface area contributed by atoms with Crippen molar-refractivity contribution in [3.05, 3.63) is 51.4 Å². The maximum Gasteiger partial charge on any atom is 0.292 e. The first-order valence-electron chi connectivity index (χ1n) is 12.4. The molecule has 0 bridgehead atoms. The van der Waals surface area contributed by atoms with Crippen molar-refractivity contribution in [1.82, 2.24) is 19.4 Å². The van der Waals surface area contributed by atoms with Crippen molar-refractivity contribution < 1.29 is 9.53 Å². The van der Waals surface area contributed by atoms with E-state index < -0.39 is 0 Å². The molecule has 1 aromatic carbocycles. The summed E-state index contributed by atoms with van der Waals surface area (Å²) in [4.78, 5) is 32.2. The number of hydrogen-bond acceptors (Lipinski definition) is 4. The number of benzene rings is 1. The molecule has 2 aromatic heterocycles. The molecule has 1 N–H and O–H groups in total. The topological polar surface area (TPSA) is 70.6 Å². The van der Waals surface area contributed by atoms with Crippen molar-refractivity contribution in [3.8, 4) is 17.0 Å². The summed E-state index contributed by atoms with van der Waals surface area (Å²) in [5.41, 5.74) is 6.49. The number of fused-ring (bicyclic) bond motifs is 1. The summed E-state index contributed by atoms with van der Waals surface area (Å²) in [6.07, 6.45) is 4.01. The Balaban J connectivity index is 1.69. The Morgan fingerprint density at radius 1 is 1.23 bits per heavy atom. The fraction of sp³-hybridized carbons (Fsp3) is 0.500. The number of carbonyl (C=O) groups is 1. The van der Waals surface area contributed by atoms with Gasteiger partial charge < -0.3 is 19.2 Å². The zero-order chi connectivity index (χ0) is 25.4. The summed E-state index contributed by atoms with van der Waals surface area (Å²) in [6.45, 7) is 8.76. The van der Waals surface area contributed by atoms with Gasteiger partial charge in [-0.3, -0.25) is 14.5 Å². The molecule has 188 valence electrons. The van der Waals surface area contributed by atoms with Crippen LogP contribution in [0.25, 0.3) is 22.2 Å². The van der Waals surface area contributed by atoms with Crippen LogP contribution in [0.15, 0.2) is 29.2 Å². The van der Waals surface area contributed by atoms with Gasteiger partial charge in [0.25, 0.3) is 5.56 Å². The molecule has 7 heteroatoms. The Hall–Kier alpha value is -3.06. The Labute approximate surface area is 207 Å². The average molecular weight is 479 g/mol. The highest BCUT2D eigenvalue weighted by Gasteiger charge is 2.25. The number of aromatic nitrogens is 2. The number of likely N-dealkylation sites (tertiary alicyclic amines) is 1. The first kappa shape index (κ1) is 25.0. The van der Waals surface area contributed by atoms with Gasteiger partial charge in [-0.2, -0.15) is 0 Å². The van der Waals surface area contributed by atoms with Crippen molar-refractivity contribution in [1.29, 1.82) is 0 Å². The first-order chi connectivity index (χ1) is 16.6. The maximum atomic E-state index is 12.5. The van der Waals surface area contributed by atoms with Crippen LogP contribution >= 0.6 is 0 Å². The van der Waals surface area contributed by atoms with Gasteiger partial charge in [0.05, 0.1) is 19.3 Å². The van der Waals surface area contributed by atoms with Gasteiger partial charge in [0.2, 0.25) is 5.91 Å². The number of piperidine rings is 1. The molecule has 1 fully saturated rings. The summed E-state index contributed by atoms with van der Waals surface area (Å²) in [6, 6.07) is 6.78. The van der Waals surface area contributed by atoms with Gasteiger partial charge >= 0.3 is 0 Å². The number of nitrogens with zero attached hydrogens (tertiary/aromatic N) is 3. The molecule has 3 heterocycles. The highest BCUT2D eigenvalue weighted by atomic mass is 16.5. The van der Waals surface area contributed by atoms with Crippen LogP contribution in [0.5, 0.6) is 5.75 Å². The van der Waals surface area contributed by atoms with Crippen LogP contribution < -0.4 is 10.3 Å². The van der Waals surface area contributed by atoms with E-state index in [2.05, 4.69) is 41.9 Å². The van der Waals surface area contributed by atoms with E-state index in [1.54, 1.807) is 23.6 Å². The van der Waals surface area contributed by atoms with E-state index in [4.69, 9.17) is 4.74 Å². The molecule has 0 spiro atoms.